The highest BCUT2D eigenvalue weighted by molar-refractivity contribution is 7.93. The van der Waals surface area contributed by atoms with Crippen molar-refractivity contribution < 1.29 is 17.9 Å². The molecule has 0 atom stereocenters. The van der Waals surface area contributed by atoms with Crippen molar-refractivity contribution in [3.8, 4) is 5.75 Å². The first-order chi connectivity index (χ1) is 13.5. The highest BCUT2D eigenvalue weighted by atomic mass is 32.2. The molecule has 0 aliphatic carbocycles. The molecule has 1 amide bonds. The summed E-state index contributed by atoms with van der Waals surface area (Å²) in [5.41, 5.74) is 3.58. The van der Waals surface area contributed by atoms with Crippen molar-refractivity contribution in [3.63, 3.8) is 0 Å². The smallest absolute Gasteiger partial charge is 0.265 e. The van der Waals surface area contributed by atoms with Gasteiger partial charge in [-0.3, -0.25) is 9.10 Å². The van der Waals surface area contributed by atoms with Crippen molar-refractivity contribution in [2.24, 2.45) is 0 Å². The molecule has 0 radical (unpaired) electrons. The average Bonchev–Trinajstić information content (AvgIpc) is 2.64. The molecule has 0 saturated carbocycles. The average molecular weight is 419 g/mol. The van der Waals surface area contributed by atoms with E-state index in [4.69, 9.17) is 4.74 Å². The number of hydrogen-bond acceptors (Lipinski definition) is 4. The number of carbonyl (C=O) groups is 1. The summed E-state index contributed by atoms with van der Waals surface area (Å²) in [5.74, 6) is 0.246. The summed E-state index contributed by atoms with van der Waals surface area (Å²) < 4.78 is 33.9. The summed E-state index contributed by atoms with van der Waals surface area (Å²) in [6.07, 6.45) is 0. The van der Waals surface area contributed by atoms with Crippen LogP contribution in [0.1, 0.15) is 36.1 Å². The molecule has 0 aliphatic heterocycles. The number of carbonyl (C=O) groups excluding carboxylic acids is 1. The van der Waals surface area contributed by atoms with Crippen LogP contribution in [0.5, 0.6) is 5.75 Å². The van der Waals surface area contributed by atoms with Crippen molar-refractivity contribution in [2.75, 3.05) is 18.0 Å². The van der Waals surface area contributed by atoms with Gasteiger partial charge in [0.15, 0.2) is 0 Å². The van der Waals surface area contributed by atoms with E-state index in [1.54, 1.807) is 45.2 Å². The minimum Gasteiger partial charge on any atom is -0.497 e. The van der Waals surface area contributed by atoms with Crippen molar-refractivity contribution >= 4 is 21.6 Å². The van der Waals surface area contributed by atoms with Gasteiger partial charge in [0.2, 0.25) is 5.91 Å². The van der Waals surface area contributed by atoms with Gasteiger partial charge in [0, 0.05) is 6.04 Å². The molecule has 1 N–H and O–H groups in total. The second-order valence-electron chi connectivity index (χ2n) is 7.52. The number of methoxy groups -OCH3 is 1. The Balaban J connectivity index is 2.65. The van der Waals surface area contributed by atoms with Crippen LogP contribution in [0, 0.1) is 27.7 Å². The number of aryl methyl sites for hydroxylation is 2. The summed E-state index contributed by atoms with van der Waals surface area (Å²) >= 11 is 0. The SMILES string of the molecule is COc1ccc(N(CC(=O)NC(C)C)S(=O)(=O)c2c(C)c(C)cc(C)c2C)cc1. The minimum atomic E-state index is -3.98. The number of hydrogen-bond donors (Lipinski definition) is 1. The first-order valence-corrected chi connectivity index (χ1v) is 11.0. The zero-order chi connectivity index (χ0) is 21.9. The highest BCUT2D eigenvalue weighted by Gasteiger charge is 2.31. The third-order valence-electron chi connectivity index (χ3n) is 4.94. The van der Waals surface area contributed by atoms with Gasteiger partial charge < -0.3 is 10.1 Å². The van der Waals surface area contributed by atoms with Crippen molar-refractivity contribution in [2.45, 2.75) is 52.5 Å². The van der Waals surface area contributed by atoms with E-state index >= 15 is 0 Å². The first-order valence-electron chi connectivity index (χ1n) is 9.52. The van der Waals surface area contributed by atoms with Gasteiger partial charge >= 0.3 is 0 Å². The van der Waals surface area contributed by atoms with Crippen LogP contribution in [0.25, 0.3) is 0 Å². The van der Waals surface area contributed by atoms with E-state index in [-0.39, 0.29) is 23.4 Å². The Kier molecular flexibility index (Phi) is 6.95. The van der Waals surface area contributed by atoms with E-state index in [9.17, 15) is 13.2 Å². The number of nitrogens with one attached hydrogen (secondary N) is 1. The number of rotatable bonds is 7. The minimum absolute atomic E-state index is 0.0902. The normalized spacial score (nSPS) is 11.4. The molecule has 6 nitrogen and oxygen atoms in total. The van der Waals surface area contributed by atoms with Gasteiger partial charge in [0.25, 0.3) is 10.0 Å². The molecule has 0 aliphatic rings. The van der Waals surface area contributed by atoms with Crippen LogP contribution in [0.15, 0.2) is 35.2 Å². The Morgan fingerprint density at radius 1 is 1.03 bits per heavy atom. The lowest BCUT2D eigenvalue weighted by atomic mass is 10.0. The van der Waals surface area contributed by atoms with Crippen molar-refractivity contribution in [3.05, 3.63) is 52.6 Å². The molecule has 0 bridgehead atoms. The first kappa shape index (κ1) is 22.7. The Labute approximate surface area is 173 Å². The molecule has 158 valence electrons. The van der Waals surface area contributed by atoms with Crippen LogP contribution in [-0.4, -0.2) is 34.0 Å². The third-order valence-corrected chi connectivity index (χ3v) is 6.99. The molecular formula is C22H30N2O4S. The zero-order valence-corrected chi connectivity index (χ0v) is 19.0. The summed E-state index contributed by atoms with van der Waals surface area (Å²) in [4.78, 5) is 12.8. The van der Waals surface area contributed by atoms with E-state index < -0.39 is 10.0 Å². The second kappa shape index (κ2) is 8.86. The Bertz CT molecular complexity index is 970. The van der Waals surface area contributed by atoms with Gasteiger partial charge in [0.1, 0.15) is 12.3 Å². The van der Waals surface area contributed by atoms with Gasteiger partial charge in [-0.2, -0.15) is 0 Å². The molecule has 0 heterocycles. The monoisotopic (exact) mass is 418 g/mol. The lowest BCUT2D eigenvalue weighted by Crippen LogP contribution is -2.43. The summed E-state index contributed by atoms with van der Waals surface area (Å²) in [6.45, 7) is 10.8. The number of sulfonamides is 1. The summed E-state index contributed by atoms with van der Waals surface area (Å²) in [5, 5.41) is 2.77. The zero-order valence-electron chi connectivity index (χ0n) is 18.2. The molecule has 2 rings (SSSR count). The van der Waals surface area contributed by atoms with Crippen molar-refractivity contribution in [1.82, 2.24) is 5.32 Å². The van der Waals surface area contributed by atoms with Gasteiger partial charge in [-0.25, -0.2) is 8.42 Å². The van der Waals surface area contributed by atoms with Crippen LogP contribution in [0.2, 0.25) is 0 Å². The fourth-order valence-electron chi connectivity index (χ4n) is 3.24. The molecule has 7 heteroatoms. The van der Waals surface area contributed by atoms with E-state index in [1.165, 1.54) is 4.31 Å². The maximum absolute atomic E-state index is 13.8. The van der Waals surface area contributed by atoms with E-state index in [0.717, 1.165) is 11.1 Å². The third kappa shape index (κ3) is 4.90. The molecule has 0 spiro atoms. The number of nitrogens with zero attached hydrogens (tertiary/aromatic N) is 1. The molecule has 2 aromatic rings. The maximum Gasteiger partial charge on any atom is 0.265 e. The number of ether oxygens (including phenoxy) is 1. The number of anilines is 1. The Morgan fingerprint density at radius 3 is 2.00 bits per heavy atom. The maximum atomic E-state index is 13.8. The molecular weight excluding hydrogens is 388 g/mol. The molecule has 0 fully saturated rings. The van der Waals surface area contributed by atoms with E-state index in [0.29, 0.717) is 22.6 Å². The highest BCUT2D eigenvalue weighted by Crippen LogP contribution is 2.32. The lowest BCUT2D eigenvalue weighted by Gasteiger charge is -2.27. The molecule has 0 unspecified atom stereocenters. The van der Waals surface area contributed by atoms with Crippen molar-refractivity contribution in [1.29, 1.82) is 0 Å². The fourth-order valence-corrected chi connectivity index (χ4v) is 5.24. The van der Waals surface area contributed by atoms with E-state index in [2.05, 4.69) is 5.32 Å². The summed E-state index contributed by atoms with van der Waals surface area (Å²) in [6, 6.07) is 8.54. The number of benzene rings is 2. The molecule has 0 saturated heterocycles. The lowest BCUT2D eigenvalue weighted by molar-refractivity contribution is -0.120. The topological polar surface area (TPSA) is 75.7 Å². The quantitative estimate of drug-likeness (QED) is 0.745. The van der Waals surface area contributed by atoms with Crippen LogP contribution >= 0.6 is 0 Å². The van der Waals surface area contributed by atoms with Gasteiger partial charge in [-0.1, -0.05) is 6.07 Å². The Hall–Kier alpha value is -2.54. The van der Waals surface area contributed by atoms with Crippen LogP contribution in [0.4, 0.5) is 5.69 Å². The van der Waals surface area contributed by atoms with Crippen LogP contribution < -0.4 is 14.4 Å². The molecule has 2 aromatic carbocycles. The largest absolute Gasteiger partial charge is 0.497 e. The predicted octanol–water partition coefficient (Wildman–Crippen LogP) is 3.65. The van der Waals surface area contributed by atoms with E-state index in [1.807, 2.05) is 33.8 Å². The predicted molar refractivity (Wildman–Crippen MR) is 116 cm³/mol. The second-order valence-corrected chi connectivity index (χ2v) is 9.32. The van der Waals surface area contributed by atoms with Gasteiger partial charge in [-0.05, 0) is 88.1 Å². The van der Waals surface area contributed by atoms with Gasteiger partial charge in [0.05, 0.1) is 17.7 Å². The molecule has 0 aromatic heterocycles. The van der Waals surface area contributed by atoms with Crippen LogP contribution in [0.3, 0.4) is 0 Å². The number of amides is 1. The standard InChI is InChI=1S/C22H30N2O4S/c1-14(2)23-21(25)13-24(19-8-10-20(28-7)11-9-19)29(26,27)22-17(5)15(3)12-16(4)18(22)6/h8-12,14H,13H2,1-7H3,(H,23,25). The molecule has 29 heavy (non-hydrogen) atoms. The Morgan fingerprint density at radius 2 is 1.55 bits per heavy atom. The fraction of sp³-hybridized carbons (Fsp3) is 0.409. The van der Waals surface area contributed by atoms with Crippen LogP contribution in [-0.2, 0) is 14.8 Å². The summed E-state index contributed by atoms with van der Waals surface area (Å²) in [7, 11) is -2.44. The van der Waals surface area contributed by atoms with Gasteiger partial charge in [-0.15, -0.1) is 0 Å².